The number of nitrogens with two attached hydrogens (primary N) is 3. The van der Waals surface area contributed by atoms with Gasteiger partial charge in [-0.3, -0.25) is 24.0 Å². The zero-order valence-corrected chi connectivity index (χ0v) is 20.6. The van der Waals surface area contributed by atoms with Crippen LogP contribution in [-0.2, 0) is 35.2 Å². The Bertz CT molecular complexity index is 1000. The fourth-order valence-electron chi connectivity index (χ4n) is 3.34. The Hall–Kier alpha value is -4.24. The molecule has 4 unspecified atom stereocenters. The number of carbonyl (C=O) groups excluding carboxylic acids is 4. The van der Waals surface area contributed by atoms with Gasteiger partial charge in [-0.2, -0.15) is 0 Å². The van der Waals surface area contributed by atoms with E-state index in [1.807, 2.05) is 0 Å². The molecule has 0 heterocycles. The van der Waals surface area contributed by atoms with Crippen LogP contribution in [-0.4, -0.2) is 81.6 Å². The van der Waals surface area contributed by atoms with Crippen LogP contribution >= 0.6 is 0 Å². The van der Waals surface area contributed by atoms with Crippen molar-refractivity contribution in [2.75, 3.05) is 6.54 Å². The number of hydrogen-bond donors (Lipinski definition) is 9. The summed E-state index contributed by atoms with van der Waals surface area (Å²) in [5, 5.41) is 34.7. The van der Waals surface area contributed by atoms with Gasteiger partial charge in [-0.25, -0.2) is 4.79 Å². The minimum Gasteiger partial charge on any atom is -0.508 e. The van der Waals surface area contributed by atoms with E-state index in [0.717, 1.165) is 0 Å². The number of amides is 4. The maximum atomic E-state index is 13.2. The first-order valence-electron chi connectivity index (χ1n) is 11.7. The summed E-state index contributed by atoms with van der Waals surface area (Å²) in [4.78, 5) is 72.1. The minimum atomic E-state index is -1.63. The Balaban J connectivity index is 3.15. The highest BCUT2D eigenvalue weighted by Crippen LogP contribution is 2.12. The maximum absolute atomic E-state index is 13.2. The van der Waals surface area contributed by atoms with Gasteiger partial charge in [0.15, 0.2) is 0 Å². The molecule has 0 aliphatic carbocycles. The molecular weight excluding hydrogens is 504 g/mol. The van der Waals surface area contributed by atoms with Gasteiger partial charge in [0.2, 0.25) is 23.6 Å². The van der Waals surface area contributed by atoms with Gasteiger partial charge >= 0.3 is 11.9 Å². The first-order chi connectivity index (χ1) is 17.8. The molecule has 0 aliphatic rings. The van der Waals surface area contributed by atoms with E-state index in [1.165, 1.54) is 24.3 Å². The van der Waals surface area contributed by atoms with Gasteiger partial charge < -0.3 is 48.5 Å². The maximum Gasteiger partial charge on any atom is 0.326 e. The summed E-state index contributed by atoms with van der Waals surface area (Å²) >= 11 is 0. The van der Waals surface area contributed by atoms with E-state index in [1.54, 1.807) is 0 Å². The number of unbranched alkanes of at least 4 members (excludes halogenated alkanes) is 1. The average molecular weight is 539 g/mol. The average Bonchev–Trinajstić information content (AvgIpc) is 2.82. The molecule has 1 rings (SSSR count). The summed E-state index contributed by atoms with van der Waals surface area (Å²) < 4.78 is 0. The van der Waals surface area contributed by atoms with Crippen LogP contribution in [0.15, 0.2) is 24.3 Å². The van der Waals surface area contributed by atoms with E-state index >= 15 is 0 Å². The Labute approximate surface area is 218 Å². The quantitative estimate of drug-likeness (QED) is 0.0918. The fourth-order valence-corrected chi connectivity index (χ4v) is 3.34. The highest BCUT2D eigenvalue weighted by Gasteiger charge is 2.31. The molecule has 0 fully saturated rings. The third-order valence-electron chi connectivity index (χ3n) is 5.34. The summed E-state index contributed by atoms with van der Waals surface area (Å²) in [5.41, 5.74) is 16.7. The lowest BCUT2D eigenvalue weighted by Gasteiger charge is -2.25. The number of phenols is 1. The SMILES string of the molecule is NCCCCC(NC(=O)C(Cc1ccc(O)cc1)NC(=O)C(N)CC(=O)O)C(=O)NC(CC(N)=O)C(=O)O. The van der Waals surface area contributed by atoms with Crippen molar-refractivity contribution in [3.05, 3.63) is 29.8 Å². The van der Waals surface area contributed by atoms with Crippen LogP contribution in [0, 0.1) is 0 Å². The van der Waals surface area contributed by atoms with Gasteiger partial charge in [0, 0.05) is 6.42 Å². The molecule has 0 saturated carbocycles. The number of rotatable bonds is 17. The number of hydrogen-bond acceptors (Lipinski definition) is 9. The summed E-state index contributed by atoms with van der Waals surface area (Å²) in [6, 6.07) is 0.0176. The Morgan fingerprint density at radius 2 is 1.34 bits per heavy atom. The van der Waals surface area contributed by atoms with Crippen LogP contribution in [0.1, 0.15) is 37.7 Å². The molecule has 38 heavy (non-hydrogen) atoms. The molecule has 0 aliphatic heterocycles. The van der Waals surface area contributed by atoms with Gasteiger partial charge in [-0.05, 0) is 43.5 Å². The zero-order valence-electron chi connectivity index (χ0n) is 20.6. The number of carbonyl (C=O) groups is 6. The molecule has 0 spiro atoms. The lowest BCUT2D eigenvalue weighted by Crippen LogP contribution is -2.58. The van der Waals surface area contributed by atoms with Gasteiger partial charge in [-0.1, -0.05) is 12.1 Å². The highest BCUT2D eigenvalue weighted by atomic mass is 16.4. The molecule has 0 saturated heterocycles. The largest absolute Gasteiger partial charge is 0.508 e. The molecule has 210 valence electrons. The van der Waals surface area contributed by atoms with Crippen molar-refractivity contribution >= 4 is 35.6 Å². The number of aliphatic carboxylic acids is 2. The second-order valence-corrected chi connectivity index (χ2v) is 8.55. The number of primary amides is 1. The third-order valence-corrected chi connectivity index (χ3v) is 5.34. The number of carboxylic acids is 2. The van der Waals surface area contributed by atoms with E-state index < -0.39 is 72.6 Å². The van der Waals surface area contributed by atoms with Gasteiger partial charge in [0.25, 0.3) is 0 Å². The van der Waals surface area contributed by atoms with Crippen molar-refractivity contribution in [3.8, 4) is 5.75 Å². The summed E-state index contributed by atoms with van der Waals surface area (Å²) in [6.45, 7) is 0.294. The zero-order chi connectivity index (χ0) is 28.8. The van der Waals surface area contributed by atoms with Crippen LogP contribution in [0.3, 0.4) is 0 Å². The molecule has 4 amide bonds. The smallest absolute Gasteiger partial charge is 0.326 e. The van der Waals surface area contributed by atoms with Gasteiger partial charge in [0.05, 0.1) is 18.9 Å². The molecular formula is C23H34N6O9. The van der Waals surface area contributed by atoms with Crippen LogP contribution < -0.4 is 33.2 Å². The molecule has 0 aromatic heterocycles. The molecule has 4 atom stereocenters. The predicted molar refractivity (Wildman–Crippen MR) is 132 cm³/mol. The van der Waals surface area contributed by atoms with Crippen LogP contribution in [0.25, 0.3) is 0 Å². The van der Waals surface area contributed by atoms with Crippen LogP contribution in [0.2, 0.25) is 0 Å². The first-order valence-corrected chi connectivity index (χ1v) is 11.7. The van der Waals surface area contributed by atoms with E-state index in [2.05, 4.69) is 16.0 Å². The fraction of sp³-hybridized carbons (Fsp3) is 0.478. The number of nitrogens with one attached hydrogen (secondary N) is 3. The lowest BCUT2D eigenvalue weighted by atomic mass is 10.0. The van der Waals surface area contributed by atoms with E-state index in [9.17, 15) is 39.0 Å². The molecule has 15 heteroatoms. The monoisotopic (exact) mass is 538 g/mol. The molecule has 12 N–H and O–H groups in total. The second kappa shape index (κ2) is 15.8. The van der Waals surface area contributed by atoms with Gasteiger partial charge in [-0.15, -0.1) is 0 Å². The highest BCUT2D eigenvalue weighted by molar-refractivity contribution is 5.95. The van der Waals surface area contributed by atoms with Crippen molar-refractivity contribution in [1.82, 2.24) is 16.0 Å². The summed E-state index contributed by atoms with van der Waals surface area (Å²) in [7, 11) is 0. The number of phenolic OH excluding ortho intramolecular Hbond substituents is 1. The first kappa shape index (κ1) is 31.8. The predicted octanol–water partition coefficient (Wildman–Crippen LogP) is -2.72. The Kier molecular flexibility index (Phi) is 13.2. The molecule has 15 nitrogen and oxygen atoms in total. The standard InChI is InChI=1S/C23H34N6O9/c24-8-2-1-3-15(21(35)29-17(23(37)38)11-18(26)31)27-22(36)16(9-12-4-6-13(30)7-5-12)28-20(34)14(25)10-19(32)33/h4-7,14-17,30H,1-3,8-11,24-25H2,(H2,26,31)(H,27,36)(H,28,34)(H,29,35)(H,32,33)(H,37,38). The molecule has 1 aromatic rings. The number of carboxylic acid groups (broad SMARTS) is 2. The lowest BCUT2D eigenvalue weighted by molar-refractivity contribution is -0.143. The Morgan fingerprint density at radius 3 is 1.87 bits per heavy atom. The van der Waals surface area contributed by atoms with Crippen molar-refractivity contribution < 1.29 is 44.1 Å². The minimum absolute atomic E-state index is 0.0390. The van der Waals surface area contributed by atoms with Gasteiger partial charge in [0.1, 0.15) is 23.9 Å². The van der Waals surface area contributed by atoms with Crippen molar-refractivity contribution in [1.29, 1.82) is 0 Å². The normalized spacial score (nSPS) is 13.8. The topological polar surface area (TPSA) is 277 Å². The Morgan fingerprint density at radius 1 is 0.789 bits per heavy atom. The second-order valence-electron chi connectivity index (χ2n) is 8.55. The van der Waals surface area contributed by atoms with E-state index in [4.69, 9.17) is 22.3 Å². The number of aromatic hydroxyl groups is 1. The van der Waals surface area contributed by atoms with Crippen LogP contribution in [0.4, 0.5) is 0 Å². The summed E-state index contributed by atoms with van der Waals surface area (Å²) in [5.74, 6) is -6.51. The third kappa shape index (κ3) is 11.7. The molecule has 0 radical (unpaired) electrons. The van der Waals surface area contributed by atoms with Crippen molar-refractivity contribution in [2.45, 2.75) is 62.7 Å². The van der Waals surface area contributed by atoms with Crippen LogP contribution in [0.5, 0.6) is 5.75 Å². The molecule has 1 aromatic carbocycles. The van der Waals surface area contributed by atoms with Crippen molar-refractivity contribution in [2.24, 2.45) is 17.2 Å². The van der Waals surface area contributed by atoms with E-state index in [-0.39, 0.29) is 18.6 Å². The number of benzene rings is 1. The van der Waals surface area contributed by atoms with Crippen molar-refractivity contribution in [3.63, 3.8) is 0 Å². The van der Waals surface area contributed by atoms with E-state index in [0.29, 0.717) is 24.9 Å². The molecule has 0 bridgehead atoms. The summed E-state index contributed by atoms with van der Waals surface area (Å²) in [6.07, 6.45) is -0.572.